The van der Waals surface area contributed by atoms with Crippen LogP contribution in [-0.4, -0.2) is 49.9 Å². The number of urea groups is 1. The van der Waals surface area contributed by atoms with Gasteiger partial charge in [-0.05, 0) is 37.1 Å². The first-order chi connectivity index (χ1) is 10.7. The molecule has 1 N–H and O–H groups in total. The number of halogens is 2. The highest BCUT2D eigenvalue weighted by Crippen LogP contribution is 2.22. The number of hydrogen-bond acceptors (Lipinski definition) is 3. The van der Waals surface area contributed by atoms with E-state index >= 15 is 0 Å². The Hall–Kier alpha value is -1.82. The van der Waals surface area contributed by atoms with Crippen LogP contribution >= 0.6 is 12.4 Å². The number of nitrogens with one attached hydrogen (secondary N) is 1. The molecule has 2 amide bonds. The molecule has 5 nitrogen and oxygen atoms in total. The second-order valence-corrected chi connectivity index (χ2v) is 5.42. The van der Waals surface area contributed by atoms with E-state index in [9.17, 15) is 14.0 Å². The van der Waals surface area contributed by atoms with Crippen molar-refractivity contribution in [3.8, 4) is 0 Å². The summed E-state index contributed by atoms with van der Waals surface area (Å²) in [5, 5.41) is 2.67. The average molecular weight is 344 g/mol. The Labute approximate surface area is 142 Å². The first-order valence-electron chi connectivity index (χ1n) is 7.58. The van der Waals surface area contributed by atoms with E-state index in [-0.39, 0.29) is 30.3 Å². The van der Waals surface area contributed by atoms with Crippen LogP contribution in [0.4, 0.5) is 14.9 Å². The third kappa shape index (κ3) is 5.10. The lowest BCUT2D eigenvalue weighted by Gasteiger charge is -2.42. The van der Waals surface area contributed by atoms with Gasteiger partial charge in [0.25, 0.3) is 0 Å². The number of carbonyl (C=O) groups is 2. The summed E-state index contributed by atoms with van der Waals surface area (Å²) >= 11 is 0. The quantitative estimate of drug-likeness (QED) is 0.660. The van der Waals surface area contributed by atoms with Crippen molar-refractivity contribution in [2.75, 3.05) is 31.6 Å². The molecule has 2 rings (SSSR count). The zero-order valence-electron chi connectivity index (χ0n) is 13.2. The fraction of sp³-hybridized carbons (Fsp3) is 0.500. The number of amides is 2. The maximum absolute atomic E-state index is 13.0. The van der Waals surface area contributed by atoms with E-state index < -0.39 is 0 Å². The van der Waals surface area contributed by atoms with Gasteiger partial charge in [0.1, 0.15) is 12.1 Å². The minimum Gasteiger partial charge on any atom is -0.368 e. The molecule has 1 saturated heterocycles. The van der Waals surface area contributed by atoms with Gasteiger partial charge in [0.05, 0.1) is 6.04 Å². The first-order valence-corrected chi connectivity index (χ1v) is 7.58. The summed E-state index contributed by atoms with van der Waals surface area (Å²) in [7, 11) is 1.62. The second kappa shape index (κ2) is 9.35. The second-order valence-electron chi connectivity index (χ2n) is 5.42. The molecule has 1 fully saturated rings. The number of piperazine rings is 1. The predicted molar refractivity (Wildman–Crippen MR) is 90.7 cm³/mol. The Morgan fingerprint density at radius 3 is 2.65 bits per heavy atom. The Bertz CT molecular complexity index is 513. The van der Waals surface area contributed by atoms with Gasteiger partial charge in [0.15, 0.2) is 0 Å². The molecular formula is C16H23ClFN3O2. The minimum absolute atomic E-state index is 0. The summed E-state index contributed by atoms with van der Waals surface area (Å²) < 4.78 is 13.0. The van der Waals surface area contributed by atoms with Crippen LogP contribution in [-0.2, 0) is 4.79 Å². The molecule has 1 unspecified atom stereocenters. The smallest absolute Gasteiger partial charge is 0.317 e. The average Bonchev–Trinajstić information content (AvgIpc) is 2.55. The Morgan fingerprint density at radius 1 is 1.35 bits per heavy atom. The number of aldehydes is 1. The van der Waals surface area contributed by atoms with Gasteiger partial charge in [-0.3, -0.25) is 0 Å². The van der Waals surface area contributed by atoms with Crippen molar-refractivity contribution < 1.29 is 14.0 Å². The predicted octanol–water partition coefficient (Wildman–Crippen LogP) is 2.45. The molecule has 0 radical (unpaired) electrons. The van der Waals surface area contributed by atoms with Gasteiger partial charge >= 0.3 is 6.03 Å². The highest BCUT2D eigenvalue weighted by molar-refractivity contribution is 5.85. The number of hydrogen-bond donors (Lipinski definition) is 1. The number of nitrogens with zero attached hydrogens (tertiary/aromatic N) is 2. The molecule has 1 heterocycles. The molecule has 7 heteroatoms. The van der Waals surface area contributed by atoms with E-state index in [4.69, 9.17) is 0 Å². The third-order valence-electron chi connectivity index (χ3n) is 4.01. The maximum atomic E-state index is 13.0. The van der Waals surface area contributed by atoms with Crippen molar-refractivity contribution in [2.24, 2.45) is 0 Å². The van der Waals surface area contributed by atoms with Crippen LogP contribution in [0.1, 0.15) is 19.3 Å². The summed E-state index contributed by atoms with van der Waals surface area (Å²) in [6.07, 6.45) is 2.96. The van der Waals surface area contributed by atoms with Crippen molar-refractivity contribution in [3.05, 3.63) is 30.1 Å². The largest absolute Gasteiger partial charge is 0.368 e. The van der Waals surface area contributed by atoms with Crippen molar-refractivity contribution >= 4 is 30.4 Å². The van der Waals surface area contributed by atoms with Crippen LogP contribution in [0.5, 0.6) is 0 Å². The zero-order valence-corrected chi connectivity index (χ0v) is 14.0. The fourth-order valence-corrected chi connectivity index (χ4v) is 2.84. The molecule has 1 atom stereocenters. The van der Waals surface area contributed by atoms with Gasteiger partial charge in [-0.2, -0.15) is 0 Å². The van der Waals surface area contributed by atoms with Crippen LogP contribution in [0.3, 0.4) is 0 Å². The molecule has 128 valence electrons. The zero-order chi connectivity index (χ0) is 15.9. The number of benzene rings is 1. The number of anilines is 1. The summed E-state index contributed by atoms with van der Waals surface area (Å²) in [5.41, 5.74) is 0.957. The summed E-state index contributed by atoms with van der Waals surface area (Å²) in [5.74, 6) is -0.254. The van der Waals surface area contributed by atoms with Crippen LogP contribution in [0, 0.1) is 5.82 Å². The topological polar surface area (TPSA) is 52.7 Å². The van der Waals surface area contributed by atoms with Crippen molar-refractivity contribution in [1.82, 2.24) is 10.2 Å². The van der Waals surface area contributed by atoms with E-state index in [1.807, 2.05) is 4.90 Å². The SMILES string of the molecule is CNC(=O)N1CCN(c2ccc(F)cc2)CC1CCCC=O.Cl. The number of rotatable bonds is 5. The van der Waals surface area contributed by atoms with Crippen LogP contribution < -0.4 is 10.2 Å². The lowest BCUT2D eigenvalue weighted by atomic mass is 10.0. The molecule has 1 aromatic rings. The van der Waals surface area contributed by atoms with Gasteiger partial charge in [-0.1, -0.05) is 0 Å². The van der Waals surface area contributed by atoms with Crippen LogP contribution in [0.2, 0.25) is 0 Å². The Balaban J connectivity index is 0.00000264. The molecular weight excluding hydrogens is 321 g/mol. The Kier molecular flexibility index (Phi) is 7.81. The van der Waals surface area contributed by atoms with E-state index in [1.54, 1.807) is 19.2 Å². The highest BCUT2D eigenvalue weighted by atomic mass is 35.5. The fourth-order valence-electron chi connectivity index (χ4n) is 2.84. The maximum Gasteiger partial charge on any atom is 0.317 e. The normalized spacial score (nSPS) is 17.4. The molecule has 0 aliphatic carbocycles. The lowest BCUT2D eigenvalue weighted by Crippen LogP contribution is -2.57. The van der Waals surface area contributed by atoms with Gasteiger partial charge < -0.3 is 19.9 Å². The molecule has 23 heavy (non-hydrogen) atoms. The number of unbranched alkanes of at least 4 members (excludes halogenated alkanes) is 1. The summed E-state index contributed by atoms with van der Waals surface area (Å²) in [6, 6.07) is 6.37. The van der Waals surface area contributed by atoms with E-state index in [0.717, 1.165) is 24.8 Å². The van der Waals surface area contributed by atoms with Crippen molar-refractivity contribution in [1.29, 1.82) is 0 Å². The van der Waals surface area contributed by atoms with Crippen molar-refractivity contribution in [3.63, 3.8) is 0 Å². The summed E-state index contributed by atoms with van der Waals surface area (Å²) in [6.45, 7) is 2.02. The molecule has 0 saturated carbocycles. The molecule has 0 spiro atoms. The van der Waals surface area contributed by atoms with Gasteiger partial charge in [0, 0.05) is 38.8 Å². The molecule has 1 aromatic carbocycles. The van der Waals surface area contributed by atoms with Gasteiger partial charge in [0.2, 0.25) is 0 Å². The van der Waals surface area contributed by atoms with E-state index in [1.165, 1.54) is 12.1 Å². The standard InChI is InChI=1S/C16H22FN3O2.ClH/c1-18-16(22)20-10-9-19(12-15(20)4-2-3-11-21)14-7-5-13(17)6-8-14;/h5-8,11,15H,2-4,9-10,12H2,1H3,(H,18,22);1H. The van der Waals surface area contributed by atoms with Gasteiger partial charge in [-0.25, -0.2) is 9.18 Å². The molecule has 0 bridgehead atoms. The first kappa shape index (κ1) is 19.2. The van der Waals surface area contributed by atoms with Crippen LogP contribution in [0.15, 0.2) is 24.3 Å². The van der Waals surface area contributed by atoms with Crippen molar-refractivity contribution in [2.45, 2.75) is 25.3 Å². The lowest BCUT2D eigenvalue weighted by molar-refractivity contribution is -0.108. The van der Waals surface area contributed by atoms with E-state index in [0.29, 0.717) is 26.1 Å². The Morgan fingerprint density at radius 2 is 2.04 bits per heavy atom. The highest BCUT2D eigenvalue weighted by Gasteiger charge is 2.29. The van der Waals surface area contributed by atoms with Crippen LogP contribution in [0.25, 0.3) is 0 Å². The van der Waals surface area contributed by atoms with E-state index in [2.05, 4.69) is 10.2 Å². The van der Waals surface area contributed by atoms with Gasteiger partial charge in [-0.15, -0.1) is 12.4 Å². The summed E-state index contributed by atoms with van der Waals surface area (Å²) in [4.78, 5) is 26.5. The third-order valence-corrected chi connectivity index (χ3v) is 4.01. The molecule has 1 aliphatic heterocycles. The molecule has 1 aliphatic rings. The minimum atomic E-state index is -0.254. The number of carbonyl (C=O) groups excluding carboxylic acids is 2. The monoisotopic (exact) mass is 343 g/mol. The molecule has 0 aromatic heterocycles.